The van der Waals surface area contributed by atoms with Gasteiger partial charge in [-0.05, 0) is 82.5 Å². The van der Waals surface area contributed by atoms with Crippen molar-refractivity contribution in [3.05, 3.63) is 65.4 Å². The predicted octanol–water partition coefficient (Wildman–Crippen LogP) is 5.97. The van der Waals surface area contributed by atoms with Gasteiger partial charge in [0.2, 0.25) is 0 Å². The molecule has 0 saturated carbocycles. The van der Waals surface area contributed by atoms with Crippen molar-refractivity contribution in [2.24, 2.45) is 0 Å². The highest BCUT2D eigenvalue weighted by Crippen LogP contribution is 2.29. The first-order valence-electron chi connectivity index (χ1n) is 13.0. The molecule has 0 N–H and O–H groups in total. The Bertz CT molecular complexity index is 1320. The Morgan fingerprint density at radius 2 is 1.92 bits per heavy atom. The quantitative estimate of drug-likeness (QED) is 0.338. The number of benzene rings is 2. The van der Waals surface area contributed by atoms with Crippen LogP contribution >= 0.6 is 0 Å². The van der Waals surface area contributed by atoms with Crippen LogP contribution in [0.15, 0.2) is 52.9 Å². The van der Waals surface area contributed by atoms with Crippen LogP contribution in [0.1, 0.15) is 63.3 Å². The van der Waals surface area contributed by atoms with Gasteiger partial charge >= 0.3 is 12.1 Å². The third kappa shape index (κ3) is 6.65. The molecule has 1 aromatic heterocycles. The fourth-order valence-corrected chi connectivity index (χ4v) is 4.61. The summed E-state index contributed by atoms with van der Waals surface area (Å²) in [4.78, 5) is 27.1. The van der Waals surface area contributed by atoms with E-state index in [9.17, 15) is 9.59 Å². The van der Waals surface area contributed by atoms with Gasteiger partial charge in [-0.2, -0.15) is 5.26 Å². The minimum absolute atomic E-state index is 0.0496. The van der Waals surface area contributed by atoms with E-state index in [4.69, 9.17) is 23.9 Å². The van der Waals surface area contributed by atoms with Crippen molar-refractivity contribution in [3.63, 3.8) is 0 Å². The maximum atomic E-state index is 12.9. The molecular formula is C30H34N2O6. The topological polar surface area (TPSA) is 102 Å². The Morgan fingerprint density at radius 3 is 2.61 bits per heavy atom. The van der Waals surface area contributed by atoms with Crippen LogP contribution in [-0.2, 0) is 20.7 Å². The summed E-state index contributed by atoms with van der Waals surface area (Å²) >= 11 is 0. The number of nitriles is 1. The van der Waals surface area contributed by atoms with E-state index in [1.165, 1.54) is 0 Å². The molecule has 1 unspecified atom stereocenters. The van der Waals surface area contributed by atoms with E-state index < -0.39 is 11.5 Å². The molecule has 1 aliphatic rings. The molecular weight excluding hydrogens is 484 g/mol. The highest BCUT2D eigenvalue weighted by atomic mass is 16.6. The van der Waals surface area contributed by atoms with Gasteiger partial charge in [-0.25, -0.2) is 4.79 Å². The maximum absolute atomic E-state index is 12.9. The predicted molar refractivity (Wildman–Crippen MR) is 142 cm³/mol. The number of carbonyl (C=O) groups excluding carboxylic acids is 2. The molecule has 1 aliphatic heterocycles. The fourth-order valence-electron chi connectivity index (χ4n) is 4.61. The average Bonchev–Trinajstić information content (AvgIpc) is 3.51. The van der Waals surface area contributed by atoms with Crippen molar-refractivity contribution in [1.82, 2.24) is 4.90 Å². The molecule has 1 amide bonds. The number of likely N-dealkylation sites (tertiary alicyclic amines) is 1. The first-order chi connectivity index (χ1) is 18.2. The van der Waals surface area contributed by atoms with Gasteiger partial charge in [-0.3, -0.25) is 4.79 Å². The lowest BCUT2D eigenvalue weighted by Gasteiger charge is -2.28. The number of amides is 1. The van der Waals surface area contributed by atoms with Gasteiger partial charge < -0.3 is 23.5 Å². The van der Waals surface area contributed by atoms with Crippen molar-refractivity contribution < 1.29 is 28.2 Å². The molecule has 0 bridgehead atoms. The molecule has 8 nitrogen and oxygen atoms in total. The van der Waals surface area contributed by atoms with Crippen LogP contribution in [0.4, 0.5) is 4.79 Å². The number of carbonyl (C=O) groups is 2. The first-order valence-corrected chi connectivity index (χ1v) is 13.0. The number of ether oxygens (including phenoxy) is 3. The SMILES string of the molecule is CCOC(=O)C(Cc1cc2cc(C#N)ccc2o1)c1ccc(OC[C@@H]2CCCN2C(=O)OC(C)(C)C)cc1. The third-order valence-corrected chi connectivity index (χ3v) is 6.40. The second-order valence-electron chi connectivity index (χ2n) is 10.4. The van der Waals surface area contributed by atoms with Crippen LogP contribution in [0.3, 0.4) is 0 Å². The molecule has 4 rings (SSSR count). The van der Waals surface area contributed by atoms with E-state index in [1.54, 1.807) is 30.0 Å². The lowest BCUT2D eigenvalue weighted by molar-refractivity contribution is -0.145. The Kier molecular flexibility index (Phi) is 8.26. The molecule has 2 aromatic carbocycles. The number of rotatable bonds is 8. The summed E-state index contributed by atoms with van der Waals surface area (Å²) < 4.78 is 22.8. The molecule has 2 atom stereocenters. The molecule has 1 fully saturated rings. The summed E-state index contributed by atoms with van der Waals surface area (Å²) in [6.07, 6.45) is 1.77. The number of esters is 1. The standard InChI is InChI=1S/C30H34N2O6/c1-5-35-28(33)26(17-25-16-22-15-20(18-31)8-13-27(22)37-25)21-9-11-24(12-10-21)36-19-23-7-6-14-32(23)29(34)38-30(2,3)4/h8-13,15-16,23,26H,5-7,14,17,19H2,1-4H3/t23-,26?/m0/s1. The number of hydrogen-bond acceptors (Lipinski definition) is 7. The Morgan fingerprint density at radius 1 is 1.16 bits per heavy atom. The Hall–Kier alpha value is -3.99. The van der Waals surface area contributed by atoms with Gasteiger partial charge in [0, 0.05) is 18.4 Å². The van der Waals surface area contributed by atoms with Crippen molar-refractivity contribution in [2.75, 3.05) is 19.8 Å². The average molecular weight is 519 g/mol. The summed E-state index contributed by atoms with van der Waals surface area (Å²) in [5, 5.41) is 9.97. The summed E-state index contributed by atoms with van der Waals surface area (Å²) in [6, 6.07) is 16.5. The summed E-state index contributed by atoms with van der Waals surface area (Å²) in [7, 11) is 0. The normalized spacial score (nSPS) is 16.2. The number of hydrogen-bond donors (Lipinski definition) is 0. The van der Waals surface area contributed by atoms with Gasteiger partial charge in [0.15, 0.2) is 0 Å². The number of nitrogens with zero attached hydrogens (tertiary/aromatic N) is 2. The monoisotopic (exact) mass is 518 g/mol. The Labute approximate surface area is 223 Å². The molecule has 3 aromatic rings. The van der Waals surface area contributed by atoms with Gasteiger partial charge in [-0.1, -0.05) is 12.1 Å². The van der Waals surface area contributed by atoms with E-state index in [1.807, 2.05) is 51.1 Å². The highest BCUT2D eigenvalue weighted by Gasteiger charge is 2.32. The Balaban J connectivity index is 1.44. The molecule has 0 radical (unpaired) electrons. The van der Waals surface area contributed by atoms with Crippen LogP contribution < -0.4 is 4.74 Å². The van der Waals surface area contributed by atoms with Crippen LogP contribution in [-0.4, -0.2) is 48.4 Å². The summed E-state index contributed by atoms with van der Waals surface area (Å²) in [6.45, 7) is 8.65. The lowest BCUT2D eigenvalue weighted by Crippen LogP contribution is -2.42. The molecule has 8 heteroatoms. The van der Waals surface area contributed by atoms with E-state index in [2.05, 4.69) is 6.07 Å². The number of fused-ring (bicyclic) bond motifs is 1. The van der Waals surface area contributed by atoms with Crippen LogP contribution in [0.25, 0.3) is 11.0 Å². The molecule has 0 spiro atoms. The minimum Gasteiger partial charge on any atom is -0.491 e. The number of furan rings is 1. The molecule has 0 aliphatic carbocycles. The second kappa shape index (κ2) is 11.6. The van der Waals surface area contributed by atoms with Crippen molar-refractivity contribution in [1.29, 1.82) is 5.26 Å². The molecule has 2 heterocycles. The second-order valence-corrected chi connectivity index (χ2v) is 10.4. The fraction of sp³-hybridized carbons (Fsp3) is 0.433. The van der Waals surface area contributed by atoms with E-state index in [-0.39, 0.29) is 24.7 Å². The highest BCUT2D eigenvalue weighted by molar-refractivity contribution is 5.81. The van der Waals surface area contributed by atoms with Crippen LogP contribution in [0.5, 0.6) is 5.75 Å². The van der Waals surface area contributed by atoms with E-state index >= 15 is 0 Å². The zero-order valence-corrected chi connectivity index (χ0v) is 22.4. The van der Waals surface area contributed by atoms with Crippen LogP contribution in [0.2, 0.25) is 0 Å². The molecule has 200 valence electrons. The molecule has 1 saturated heterocycles. The first kappa shape index (κ1) is 27.1. The van der Waals surface area contributed by atoms with Crippen LogP contribution in [0, 0.1) is 11.3 Å². The summed E-state index contributed by atoms with van der Waals surface area (Å²) in [5.74, 6) is 0.396. The smallest absolute Gasteiger partial charge is 0.410 e. The maximum Gasteiger partial charge on any atom is 0.410 e. The van der Waals surface area contributed by atoms with Crippen molar-refractivity contribution in [2.45, 2.75) is 64.5 Å². The summed E-state index contributed by atoms with van der Waals surface area (Å²) in [5.41, 5.74) is 1.45. The van der Waals surface area contributed by atoms with Crippen molar-refractivity contribution >= 4 is 23.0 Å². The van der Waals surface area contributed by atoms with Crippen molar-refractivity contribution in [3.8, 4) is 11.8 Å². The minimum atomic E-state index is -0.558. The largest absolute Gasteiger partial charge is 0.491 e. The van der Waals surface area contributed by atoms with Gasteiger partial charge in [0.05, 0.1) is 30.2 Å². The van der Waals surface area contributed by atoms with E-state index in [0.717, 1.165) is 23.8 Å². The van der Waals surface area contributed by atoms with Gasteiger partial charge in [0.1, 0.15) is 29.3 Å². The lowest BCUT2D eigenvalue weighted by atomic mass is 9.94. The zero-order chi connectivity index (χ0) is 27.3. The third-order valence-electron chi connectivity index (χ3n) is 6.40. The van der Waals surface area contributed by atoms with Gasteiger partial charge in [-0.15, -0.1) is 0 Å². The van der Waals surface area contributed by atoms with E-state index in [0.29, 0.717) is 42.2 Å². The zero-order valence-electron chi connectivity index (χ0n) is 22.4. The molecule has 38 heavy (non-hydrogen) atoms. The van der Waals surface area contributed by atoms with Gasteiger partial charge in [0.25, 0.3) is 0 Å².